The van der Waals surface area contributed by atoms with Crippen molar-refractivity contribution in [3.05, 3.63) is 0 Å². The van der Waals surface area contributed by atoms with E-state index < -0.39 is 0 Å². The van der Waals surface area contributed by atoms with Crippen LogP contribution in [0.3, 0.4) is 0 Å². The van der Waals surface area contributed by atoms with Gasteiger partial charge in [-0.05, 0) is 42.4 Å². The van der Waals surface area contributed by atoms with E-state index in [2.05, 4.69) is 34.6 Å². The first kappa shape index (κ1) is 15.1. The van der Waals surface area contributed by atoms with Crippen LogP contribution < -0.4 is 0 Å². The van der Waals surface area contributed by atoms with Crippen molar-refractivity contribution in [2.75, 3.05) is 0 Å². The van der Waals surface area contributed by atoms with Gasteiger partial charge in [0, 0.05) is 0 Å². The molecule has 0 aromatic carbocycles. The zero-order valence-electron chi connectivity index (χ0n) is 12.9. The smallest absolute Gasteiger partial charge is 0.0246 e. The molecule has 0 heterocycles. The van der Waals surface area contributed by atoms with Crippen molar-refractivity contribution in [2.24, 2.45) is 23.2 Å². The van der Waals surface area contributed by atoms with Crippen molar-refractivity contribution >= 4 is 0 Å². The van der Waals surface area contributed by atoms with Crippen molar-refractivity contribution in [1.29, 1.82) is 0 Å². The molecule has 1 fully saturated rings. The van der Waals surface area contributed by atoms with E-state index in [1.165, 1.54) is 51.4 Å². The van der Waals surface area contributed by atoms with Crippen LogP contribution in [0.1, 0.15) is 86.0 Å². The Balaban J connectivity index is 2.67. The third-order valence-corrected chi connectivity index (χ3v) is 5.54. The van der Waals surface area contributed by atoms with Gasteiger partial charge in [0.05, 0.1) is 0 Å². The van der Waals surface area contributed by atoms with Crippen molar-refractivity contribution in [3.63, 3.8) is 0 Å². The maximum Gasteiger partial charge on any atom is -0.0246 e. The number of hydrogen-bond donors (Lipinski definition) is 0. The van der Waals surface area contributed by atoms with E-state index in [0.29, 0.717) is 5.41 Å². The molecule has 17 heavy (non-hydrogen) atoms. The zero-order valence-corrected chi connectivity index (χ0v) is 12.9. The molecule has 0 aliphatic heterocycles. The van der Waals surface area contributed by atoms with Gasteiger partial charge in [-0.3, -0.25) is 0 Å². The van der Waals surface area contributed by atoms with Gasteiger partial charge in [0.15, 0.2) is 0 Å². The Morgan fingerprint density at radius 2 is 1.41 bits per heavy atom. The molecule has 1 rings (SSSR count). The minimum absolute atomic E-state index is 0.682. The third-order valence-electron chi connectivity index (χ3n) is 5.54. The Morgan fingerprint density at radius 1 is 0.824 bits per heavy atom. The molecular weight excluding hydrogens is 204 g/mol. The standard InChI is InChI=1S/C17H34/c1-6-15(4)17(12-8-7-9-13-17)16(5)11-10-14(2)3/h14-16H,6-13H2,1-5H3. The topological polar surface area (TPSA) is 0 Å². The first-order valence-electron chi connectivity index (χ1n) is 8.03. The van der Waals surface area contributed by atoms with Gasteiger partial charge in [-0.25, -0.2) is 0 Å². The highest BCUT2D eigenvalue weighted by atomic mass is 14.5. The van der Waals surface area contributed by atoms with Crippen LogP contribution in [0.2, 0.25) is 0 Å². The lowest BCUT2D eigenvalue weighted by molar-refractivity contribution is 0.0313. The minimum Gasteiger partial charge on any atom is -0.0651 e. The highest BCUT2D eigenvalue weighted by Crippen LogP contribution is 2.50. The van der Waals surface area contributed by atoms with Gasteiger partial charge in [0.25, 0.3) is 0 Å². The van der Waals surface area contributed by atoms with E-state index in [9.17, 15) is 0 Å². The average molecular weight is 238 g/mol. The minimum atomic E-state index is 0.682. The molecule has 0 spiro atoms. The van der Waals surface area contributed by atoms with Gasteiger partial charge in [0.2, 0.25) is 0 Å². The third kappa shape index (κ3) is 3.73. The fourth-order valence-corrected chi connectivity index (χ4v) is 3.96. The lowest BCUT2D eigenvalue weighted by Crippen LogP contribution is -2.37. The highest BCUT2D eigenvalue weighted by molar-refractivity contribution is 4.90. The van der Waals surface area contributed by atoms with Gasteiger partial charge in [-0.2, -0.15) is 0 Å². The van der Waals surface area contributed by atoms with Gasteiger partial charge >= 0.3 is 0 Å². The van der Waals surface area contributed by atoms with Crippen LogP contribution in [0.5, 0.6) is 0 Å². The fourth-order valence-electron chi connectivity index (χ4n) is 3.96. The largest absolute Gasteiger partial charge is 0.0651 e. The molecule has 2 unspecified atom stereocenters. The van der Waals surface area contributed by atoms with Crippen molar-refractivity contribution in [2.45, 2.75) is 86.0 Å². The quantitative estimate of drug-likeness (QED) is 0.528. The van der Waals surface area contributed by atoms with Crippen LogP contribution in [0, 0.1) is 23.2 Å². The monoisotopic (exact) mass is 238 g/mol. The van der Waals surface area contributed by atoms with Gasteiger partial charge in [-0.1, -0.05) is 66.7 Å². The molecule has 1 aliphatic carbocycles. The first-order valence-corrected chi connectivity index (χ1v) is 8.03. The molecular formula is C17H34. The van der Waals surface area contributed by atoms with Gasteiger partial charge in [0.1, 0.15) is 0 Å². The summed E-state index contributed by atoms with van der Waals surface area (Å²) in [4.78, 5) is 0. The SMILES string of the molecule is CCC(C)C1(C(C)CCC(C)C)CCCCC1. The Labute approximate surface area is 110 Å². The van der Waals surface area contributed by atoms with Crippen LogP contribution >= 0.6 is 0 Å². The van der Waals surface area contributed by atoms with E-state index in [4.69, 9.17) is 0 Å². The van der Waals surface area contributed by atoms with Crippen molar-refractivity contribution in [3.8, 4) is 0 Å². The van der Waals surface area contributed by atoms with Crippen LogP contribution in [0.4, 0.5) is 0 Å². The molecule has 1 saturated carbocycles. The number of rotatable bonds is 6. The van der Waals surface area contributed by atoms with Crippen molar-refractivity contribution < 1.29 is 0 Å². The van der Waals surface area contributed by atoms with Crippen molar-refractivity contribution in [1.82, 2.24) is 0 Å². The fraction of sp³-hybridized carbons (Fsp3) is 1.00. The first-order chi connectivity index (χ1) is 8.03. The van der Waals surface area contributed by atoms with Crippen LogP contribution in [0.25, 0.3) is 0 Å². The summed E-state index contributed by atoms with van der Waals surface area (Å²) in [5.41, 5.74) is 0.682. The second-order valence-corrected chi connectivity index (χ2v) is 6.98. The normalized spacial score (nSPS) is 23.6. The summed E-state index contributed by atoms with van der Waals surface area (Å²) in [6.07, 6.45) is 11.7. The Hall–Kier alpha value is 0. The molecule has 1 aliphatic rings. The maximum absolute atomic E-state index is 2.54. The van der Waals surface area contributed by atoms with Gasteiger partial charge in [-0.15, -0.1) is 0 Å². The molecule has 2 atom stereocenters. The van der Waals surface area contributed by atoms with Crippen LogP contribution in [0.15, 0.2) is 0 Å². The molecule has 0 saturated heterocycles. The predicted molar refractivity (Wildman–Crippen MR) is 78.2 cm³/mol. The molecule has 0 radical (unpaired) electrons. The van der Waals surface area contributed by atoms with Gasteiger partial charge < -0.3 is 0 Å². The van der Waals surface area contributed by atoms with E-state index in [-0.39, 0.29) is 0 Å². The summed E-state index contributed by atoms with van der Waals surface area (Å²) in [7, 11) is 0. The summed E-state index contributed by atoms with van der Waals surface area (Å²) in [6.45, 7) is 12.2. The second kappa shape index (κ2) is 6.81. The summed E-state index contributed by atoms with van der Waals surface area (Å²) in [5.74, 6) is 2.72. The van der Waals surface area contributed by atoms with Crippen LogP contribution in [-0.2, 0) is 0 Å². The number of hydrogen-bond acceptors (Lipinski definition) is 0. The second-order valence-electron chi connectivity index (χ2n) is 6.98. The molecule has 102 valence electrons. The molecule has 0 amide bonds. The molecule has 0 aromatic heterocycles. The van der Waals surface area contributed by atoms with E-state index in [1.807, 2.05) is 0 Å². The van der Waals surface area contributed by atoms with E-state index >= 15 is 0 Å². The molecule has 0 aromatic rings. The van der Waals surface area contributed by atoms with Crippen LogP contribution in [-0.4, -0.2) is 0 Å². The molecule has 0 nitrogen and oxygen atoms in total. The summed E-state index contributed by atoms with van der Waals surface area (Å²) < 4.78 is 0. The highest BCUT2D eigenvalue weighted by Gasteiger charge is 2.40. The molecule has 0 heteroatoms. The zero-order chi connectivity index (χ0) is 12.9. The summed E-state index contributed by atoms with van der Waals surface area (Å²) >= 11 is 0. The lowest BCUT2D eigenvalue weighted by atomic mass is 9.58. The molecule has 0 bridgehead atoms. The Kier molecular flexibility index (Phi) is 6.03. The predicted octanol–water partition coefficient (Wildman–Crippen LogP) is 6.06. The van der Waals surface area contributed by atoms with E-state index in [1.54, 1.807) is 0 Å². The average Bonchev–Trinajstić information content (AvgIpc) is 2.35. The van der Waals surface area contributed by atoms with E-state index in [0.717, 1.165) is 17.8 Å². The summed E-state index contributed by atoms with van der Waals surface area (Å²) in [5, 5.41) is 0. The maximum atomic E-state index is 2.54. The molecule has 0 N–H and O–H groups in total. The Bertz CT molecular complexity index is 198. The summed E-state index contributed by atoms with van der Waals surface area (Å²) in [6, 6.07) is 0. The lowest BCUT2D eigenvalue weighted by Gasteiger charge is -2.47. The Morgan fingerprint density at radius 3 is 1.88 bits per heavy atom.